The van der Waals surface area contributed by atoms with E-state index in [9.17, 15) is 24.3 Å². The molecule has 0 aliphatic carbocycles. The minimum absolute atomic E-state index is 0.101. The first kappa shape index (κ1) is 32.7. The zero-order valence-electron chi connectivity index (χ0n) is 24.6. The Balaban J connectivity index is 1.94. The van der Waals surface area contributed by atoms with Crippen molar-refractivity contribution in [2.24, 2.45) is 11.5 Å². The molecule has 0 saturated carbocycles. The van der Waals surface area contributed by atoms with Crippen LogP contribution in [0.25, 0.3) is 0 Å². The summed E-state index contributed by atoms with van der Waals surface area (Å²) in [5, 5.41) is 14.2. The predicted octanol–water partition coefficient (Wildman–Crippen LogP) is 2.05. The van der Waals surface area contributed by atoms with Crippen molar-refractivity contribution in [2.45, 2.75) is 89.4 Å². The summed E-state index contributed by atoms with van der Waals surface area (Å²) in [6, 6.07) is 16.2. The molecule has 4 atom stereocenters. The molecule has 11 nitrogen and oxygen atoms in total. The third kappa shape index (κ3) is 9.10. The van der Waals surface area contributed by atoms with Crippen LogP contribution in [-0.2, 0) is 32.1 Å². The second-order valence-electron chi connectivity index (χ2n) is 11.6. The Morgan fingerprint density at radius 3 is 2.21 bits per heavy atom. The summed E-state index contributed by atoms with van der Waals surface area (Å²) >= 11 is 0. The molecule has 0 spiro atoms. The van der Waals surface area contributed by atoms with Crippen LogP contribution in [0.5, 0.6) is 0 Å². The number of aliphatic hydroxyl groups is 1. The summed E-state index contributed by atoms with van der Waals surface area (Å²) in [4.78, 5) is 55.1. The number of benzene rings is 2. The highest BCUT2D eigenvalue weighted by atomic mass is 16.6. The third-order valence-electron chi connectivity index (χ3n) is 7.30. The summed E-state index contributed by atoms with van der Waals surface area (Å²) in [7, 11) is 0. The van der Waals surface area contributed by atoms with Gasteiger partial charge in [0, 0.05) is 5.54 Å². The summed E-state index contributed by atoms with van der Waals surface area (Å²) in [5.74, 6) is -2.29. The number of aryl methyl sites for hydroxylation is 1. The fourth-order valence-electron chi connectivity index (χ4n) is 5.15. The van der Waals surface area contributed by atoms with E-state index in [1.54, 1.807) is 24.3 Å². The van der Waals surface area contributed by atoms with Crippen LogP contribution < -0.4 is 16.8 Å². The van der Waals surface area contributed by atoms with E-state index in [1.807, 2.05) is 57.2 Å². The number of hydrogen-bond donors (Lipinski definition) is 4. The number of rotatable bonds is 12. The Kier molecular flexibility index (Phi) is 11.6. The molecule has 1 saturated heterocycles. The average Bonchev–Trinajstić information content (AvgIpc) is 3.46. The summed E-state index contributed by atoms with van der Waals surface area (Å²) in [6.07, 6.45) is -2.68. The highest BCUT2D eigenvalue weighted by molar-refractivity contribution is 5.98. The van der Waals surface area contributed by atoms with Gasteiger partial charge < -0.3 is 26.6 Å². The van der Waals surface area contributed by atoms with Gasteiger partial charge in [-0.3, -0.25) is 19.3 Å². The predicted molar refractivity (Wildman–Crippen MR) is 157 cm³/mol. The lowest BCUT2D eigenvalue weighted by atomic mass is 10.0. The van der Waals surface area contributed by atoms with Crippen LogP contribution in [-0.4, -0.2) is 75.2 Å². The molecule has 0 radical (unpaired) electrons. The first-order valence-corrected chi connectivity index (χ1v) is 14.2. The minimum Gasteiger partial charge on any atom is -0.444 e. The van der Waals surface area contributed by atoms with Gasteiger partial charge in [0.25, 0.3) is 5.91 Å². The van der Waals surface area contributed by atoms with Crippen molar-refractivity contribution in [3.63, 3.8) is 0 Å². The average molecular weight is 582 g/mol. The van der Waals surface area contributed by atoms with Crippen molar-refractivity contribution in [2.75, 3.05) is 6.54 Å². The number of nitrogens with two attached hydrogens (primary N) is 2. The largest absolute Gasteiger partial charge is 0.444 e. The van der Waals surface area contributed by atoms with Crippen LogP contribution in [0.15, 0.2) is 60.7 Å². The van der Waals surface area contributed by atoms with Gasteiger partial charge in [-0.2, -0.15) is 0 Å². The number of carbonyl (C=O) groups is 4. The molecular formula is C31H43N5O6. The van der Waals surface area contributed by atoms with Gasteiger partial charge in [0.2, 0.25) is 11.8 Å². The number of nitrogens with zero attached hydrogens (tertiary/aromatic N) is 2. The summed E-state index contributed by atoms with van der Waals surface area (Å²) in [6.45, 7) is 6.54. The monoisotopic (exact) mass is 581 g/mol. The number of ether oxygens (including phenoxy) is 1. The standard InChI is InChI=1S/C31H43N5O6/c1-31(2,3)35-18-10-15-24(35)28(39)34-27(25(37)17-16-21-11-6-4-7-12-21)36(29(40)23(32)19-26(33)38)30(41)42-20-22-13-8-5-9-14-22/h4-9,11-14,23-25,27,37H,10,15-20,32H2,1-3H3,(H2,33,38)(H,34,39)/t23-,24+,25?,27?/m0/s1. The molecule has 3 rings (SSSR count). The van der Waals surface area contributed by atoms with Crippen molar-refractivity contribution < 1.29 is 29.0 Å². The molecule has 2 aromatic rings. The lowest BCUT2D eigenvalue weighted by Gasteiger charge is -2.39. The van der Waals surface area contributed by atoms with Gasteiger partial charge in [0.05, 0.1) is 24.6 Å². The Hall–Kier alpha value is -3.80. The second-order valence-corrected chi connectivity index (χ2v) is 11.6. The normalized spacial score (nSPS) is 17.6. The Morgan fingerprint density at radius 2 is 1.64 bits per heavy atom. The molecule has 1 heterocycles. The molecule has 1 aliphatic rings. The first-order valence-electron chi connectivity index (χ1n) is 14.2. The van der Waals surface area contributed by atoms with E-state index in [0.29, 0.717) is 29.8 Å². The fraction of sp³-hybridized carbons (Fsp3) is 0.484. The Morgan fingerprint density at radius 1 is 1.05 bits per heavy atom. The van der Waals surface area contributed by atoms with Crippen LogP contribution >= 0.6 is 0 Å². The molecule has 0 bridgehead atoms. The summed E-state index contributed by atoms with van der Waals surface area (Å²) in [5.41, 5.74) is 12.6. The van der Waals surface area contributed by atoms with E-state index in [1.165, 1.54) is 0 Å². The topological polar surface area (TPSA) is 168 Å². The molecule has 11 heteroatoms. The maximum absolute atomic E-state index is 13.7. The molecule has 0 aromatic heterocycles. The molecular weight excluding hydrogens is 538 g/mol. The number of hydrogen-bond acceptors (Lipinski definition) is 8. The van der Waals surface area contributed by atoms with Crippen LogP contribution in [0, 0.1) is 0 Å². The zero-order valence-corrected chi connectivity index (χ0v) is 24.6. The summed E-state index contributed by atoms with van der Waals surface area (Å²) < 4.78 is 5.46. The lowest BCUT2D eigenvalue weighted by Crippen LogP contribution is -2.64. The molecule has 4 amide bonds. The van der Waals surface area contributed by atoms with Crippen molar-refractivity contribution in [1.82, 2.24) is 15.1 Å². The highest BCUT2D eigenvalue weighted by Gasteiger charge is 2.43. The maximum atomic E-state index is 13.7. The van der Waals surface area contributed by atoms with E-state index < -0.39 is 54.6 Å². The van der Waals surface area contributed by atoms with Crippen molar-refractivity contribution >= 4 is 23.8 Å². The second kappa shape index (κ2) is 14.9. The molecule has 2 unspecified atom stereocenters. The van der Waals surface area contributed by atoms with E-state index in [0.717, 1.165) is 12.0 Å². The van der Waals surface area contributed by atoms with Crippen LogP contribution in [0.1, 0.15) is 57.6 Å². The van der Waals surface area contributed by atoms with E-state index in [4.69, 9.17) is 16.2 Å². The van der Waals surface area contributed by atoms with E-state index >= 15 is 0 Å². The quantitative estimate of drug-likeness (QED) is 0.276. The number of nitrogens with one attached hydrogen (secondary N) is 1. The molecule has 42 heavy (non-hydrogen) atoms. The van der Waals surface area contributed by atoms with Gasteiger partial charge in [-0.15, -0.1) is 0 Å². The number of aliphatic hydroxyl groups excluding tert-OH is 1. The maximum Gasteiger partial charge on any atom is 0.418 e. The van der Waals surface area contributed by atoms with Gasteiger partial charge in [0.1, 0.15) is 12.8 Å². The number of carbonyl (C=O) groups excluding carboxylic acids is 4. The van der Waals surface area contributed by atoms with Gasteiger partial charge in [-0.1, -0.05) is 60.7 Å². The van der Waals surface area contributed by atoms with E-state index in [-0.39, 0.29) is 18.6 Å². The van der Waals surface area contributed by atoms with Crippen LogP contribution in [0.2, 0.25) is 0 Å². The number of likely N-dealkylation sites (tertiary alicyclic amines) is 1. The van der Waals surface area contributed by atoms with Gasteiger partial charge in [-0.05, 0) is 64.1 Å². The van der Waals surface area contributed by atoms with Gasteiger partial charge >= 0.3 is 6.09 Å². The molecule has 6 N–H and O–H groups in total. The van der Waals surface area contributed by atoms with E-state index in [2.05, 4.69) is 10.2 Å². The Labute approximate surface area is 247 Å². The Bertz CT molecular complexity index is 1200. The smallest absolute Gasteiger partial charge is 0.418 e. The molecule has 1 fully saturated rings. The first-order chi connectivity index (χ1) is 19.9. The van der Waals surface area contributed by atoms with Gasteiger partial charge in [0.15, 0.2) is 0 Å². The SMILES string of the molecule is CC(C)(C)N1CCC[C@@H]1C(=O)NC(C(O)CCc1ccccc1)N(C(=O)OCc1ccccc1)C(=O)[C@@H](N)CC(N)=O. The minimum atomic E-state index is -1.52. The van der Waals surface area contributed by atoms with Gasteiger partial charge in [-0.25, -0.2) is 9.69 Å². The zero-order chi connectivity index (χ0) is 30.9. The van der Waals surface area contributed by atoms with Crippen LogP contribution in [0.4, 0.5) is 4.79 Å². The fourth-order valence-corrected chi connectivity index (χ4v) is 5.15. The van der Waals surface area contributed by atoms with Crippen molar-refractivity contribution in [3.05, 3.63) is 71.8 Å². The number of amides is 4. The number of imide groups is 1. The third-order valence-corrected chi connectivity index (χ3v) is 7.30. The molecule has 2 aromatic carbocycles. The number of primary amides is 1. The molecule has 1 aliphatic heterocycles. The highest BCUT2D eigenvalue weighted by Crippen LogP contribution is 2.27. The molecule has 228 valence electrons. The lowest BCUT2D eigenvalue weighted by molar-refractivity contribution is -0.141. The van der Waals surface area contributed by atoms with Crippen molar-refractivity contribution in [1.29, 1.82) is 0 Å². The van der Waals surface area contributed by atoms with Crippen molar-refractivity contribution in [3.8, 4) is 0 Å². The van der Waals surface area contributed by atoms with Crippen LogP contribution in [0.3, 0.4) is 0 Å².